The van der Waals surface area contributed by atoms with Crippen molar-refractivity contribution in [3.63, 3.8) is 0 Å². The number of hydrogen-bond acceptors (Lipinski definition) is 6. The van der Waals surface area contributed by atoms with E-state index in [0.717, 1.165) is 0 Å². The summed E-state index contributed by atoms with van der Waals surface area (Å²) in [4.78, 5) is 0. The summed E-state index contributed by atoms with van der Waals surface area (Å²) in [6.45, 7) is 0.380. The Morgan fingerprint density at radius 2 is 1.00 bits per heavy atom. The lowest BCUT2D eigenvalue weighted by atomic mass is 11.4. The Hall–Kier alpha value is -0.0231. The summed E-state index contributed by atoms with van der Waals surface area (Å²) in [5, 5.41) is 0. The summed E-state index contributed by atoms with van der Waals surface area (Å²) in [5.74, 6) is 0. The van der Waals surface area contributed by atoms with E-state index in [2.05, 4.69) is 0 Å². The topological polar surface area (TPSA) is 55.4 Å². The van der Waals surface area contributed by atoms with E-state index in [0.29, 0.717) is 0 Å². The van der Waals surface area contributed by atoms with E-state index in [-0.39, 0.29) is 20.4 Å². The van der Waals surface area contributed by atoms with Crippen molar-refractivity contribution in [3.05, 3.63) is 0 Å². The van der Waals surface area contributed by atoms with Gasteiger partial charge < -0.3 is 27.5 Å². The molecule has 6 nitrogen and oxygen atoms in total. The van der Waals surface area contributed by atoms with Crippen LogP contribution in [0, 0.1) is 0 Å². The number of hydrogen-bond donors (Lipinski definition) is 0. The molecule has 79 valence electrons. The van der Waals surface area contributed by atoms with E-state index in [1.54, 1.807) is 0 Å². The quantitative estimate of drug-likeness (QED) is 0.390. The summed E-state index contributed by atoms with van der Waals surface area (Å²) in [5.41, 5.74) is 0. The van der Waals surface area contributed by atoms with E-state index in [4.69, 9.17) is 27.5 Å². The Kier molecular flexibility index (Phi) is 10.0. The highest BCUT2D eigenvalue weighted by Crippen LogP contribution is 1.93. The van der Waals surface area contributed by atoms with Gasteiger partial charge >= 0.3 is 9.53 Å². The average molecular weight is 211 g/mol. The van der Waals surface area contributed by atoms with Crippen LogP contribution in [0.5, 0.6) is 0 Å². The zero-order valence-electron chi connectivity index (χ0n) is 8.07. The SMILES string of the molecule is COCO[Si](OCOC)OCOC. The molecule has 0 aliphatic rings. The standard InChI is InChI=1S/C6H15O6Si/c1-7-4-10-13(11-5-8-2)12-6-9-3/h4-6H2,1-3H3. The fourth-order valence-corrected chi connectivity index (χ4v) is 1.34. The summed E-state index contributed by atoms with van der Waals surface area (Å²) < 4.78 is 29.3. The third-order valence-electron chi connectivity index (χ3n) is 0.884. The van der Waals surface area contributed by atoms with Crippen molar-refractivity contribution in [1.29, 1.82) is 0 Å². The third kappa shape index (κ3) is 8.31. The number of methoxy groups -OCH3 is 3. The van der Waals surface area contributed by atoms with Gasteiger partial charge in [0.25, 0.3) is 0 Å². The molecule has 0 bridgehead atoms. The van der Waals surface area contributed by atoms with Gasteiger partial charge in [-0.25, -0.2) is 0 Å². The van der Waals surface area contributed by atoms with Crippen LogP contribution >= 0.6 is 0 Å². The second kappa shape index (κ2) is 10.1. The highest BCUT2D eigenvalue weighted by molar-refractivity contribution is 6.36. The molecular weight excluding hydrogens is 196 g/mol. The number of ether oxygens (including phenoxy) is 3. The Morgan fingerprint density at radius 1 is 0.692 bits per heavy atom. The van der Waals surface area contributed by atoms with Crippen molar-refractivity contribution in [2.75, 3.05) is 41.7 Å². The molecule has 0 N–H and O–H groups in total. The van der Waals surface area contributed by atoms with Gasteiger partial charge in [0.15, 0.2) is 0 Å². The van der Waals surface area contributed by atoms with Crippen LogP contribution in [0.3, 0.4) is 0 Å². The Labute approximate surface area is 79.6 Å². The maximum atomic E-state index is 5.07. The second-order valence-electron chi connectivity index (χ2n) is 1.90. The summed E-state index contributed by atoms with van der Waals surface area (Å²) >= 11 is 0. The lowest BCUT2D eigenvalue weighted by molar-refractivity contribution is -0.0665. The zero-order valence-corrected chi connectivity index (χ0v) is 9.07. The summed E-state index contributed by atoms with van der Waals surface area (Å²) in [6.07, 6.45) is 0. The minimum absolute atomic E-state index is 0.127. The van der Waals surface area contributed by atoms with Crippen LogP contribution in [-0.4, -0.2) is 51.2 Å². The van der Waals surface area contributed by atoms with Crippen LogP contribution < -0.4 is 0 Å². The highest BCUT2D eigenvalue weighted by atomic mass is 28.3. The molecule has 0 atom stereocenters. The van der Waals surface area contributed by atoms with Crippen LogP contribution in [0.2, 0.25) is 0 Å². The van der Waals surface area contributed by atoms with Crippen molar-refractivity contribution in [3.8, 4) is 0 Å². The van der Waals surface area contributed by atoms with Gasteiger partial charge in [-0.05, 0) is 0 Å². The first-order chi connectivity index (χ1) is 6.35. The minimum Gasteiger partial charge on any atom is -0.360 e. The molecule has 0 rings (SSSR count). The van der Waals surface area contributed by atoms with E-state index < -0.39 is 9.53 Å². The van der Waals surface area contributed by atoms with Crippen molar-refractivity contribution < 1.29 is 27.5 Å². The fraction of sp³-hybridized carbons (Fsp3) is 1.00. The highest BCUT2D eigenvalue weighted by Gasteiger charge is 2.18. The maximum absolute atomic E-state index is 5.07. The van der Waals surface area contributed by atoms with E-state index in [1.165, 1.54) is 21.3 Å². The van der Waals surface area contributed by atoms with Gasteiger partial charge in [0.05, 0.1) is 0 Å². The fourth-order valence-electron chi connectivity index (χ4n) is 0.446. The van der Waals surface area contributed by atoms with Gasteiger partial charge in [-0.15, -0.1) is 0 Å². The summed E-state index contributed by atoms with van der Waals surface area (Å²) in [7, 11) is 2.75. The monoisotopic (exact) mass is 211 g/mol. The smallest absolute Gasteiger partial charge is 0.360 e. The van der Waals surface area contributed by atoms with Crippen LogP contribution in [0.4, 0.5) is 0 Å². The van der Waals surface area contributed by atoms with Gasteiger partial charge in [-0.1, -0.05) is 0 Å². The van der Waals surface area contributed by atoms with Gasteiger partial charge in [0.1, 0.15) is 20.4 Å². The van der Waals surface area contributed by atoms with Gasteiger partial charge in [-0.3, -0.25) is 0 Å². The molecule has 0 aromatic heterocycles. The molecule has 1 radical (unpaired) electrons. The first-order valence-corrected chi connectivity index (χ1v) is 4.79. The van der Waals surface area contributed by atoms with Gasteiger partial charge in [0.2, 0.25) is 0 Å². The molecule has 0 spiro atoms. The Bertz CT molecular complexity index is 84.1. The molecule has 0 unspecified atom stereocenters. The van der Waals surface area contributed by atoms with Crippen LogP contribution in [0.1, 0.15) is 0 Å². The molecule has 0 aliphatic heterocycles. The van der Waals surface area contributed by atoms with E-state index >= 15 is 0 Å². The van der Waals surface area contributed by atoms with Crippen molar-refractivity contribution >= 4 is 9.53 Å². The van der Waals surface area contributed by atoms with E-state index in [1.807, 2.05) is 0 Å². The largest absolute Gasteiger partial charge is 0.583 e. The molecule has 0 saturated heterocycles. The summed E-state index contributed by atoms with van der Waals surface area (Å²) in [6, 6.07) is 0. The van der Waals surface area contributed by atoms with Gasteiger partial charge in [-0.2, -0.15) is 0 Å². The first-order valence-electron chi connectivity index (χ1n) is 3.57. The first kappa shape index (κ1) is 13.0. The zero-order chi connectivity index (χ0) is 9.94. The average Bonchev–Trinajstić information content (AvgIpc) is 2.17. The molecule has 0 saturated carbocycles. The molecule has 7 heteroatoms. The molecule has 0 aromatic carbocycles. The Balaban J connectivity index is 3.47. The lowest BCUT2D eigenvalue weighted by Gasteiger charge is -2.12. The molecule has 0 aromatic rings. The molecule has 13 heavy (non-hydrogen) atoms. The van der Waals surface area contributed by atoms with Crippen LogP contribution in [0.15, 0.2) is 0 Å². The maximum Gasteiger partial charge on any atom is 0.583 e. The van der Waals surface area contributed by atoms with Crippen LogP contribution in [0.25, 0.3) is 0 Å². The predicted octanol–water partition coefficient (Wildman–Crippen LogP) is -0.167. The number of rotatable bonds is 9. The van der Waals surface area contributed by atoms with E-state index in [9.17, 15) is 0 Å². The van der Waals surface area contributed by atoms with Crippen LogP contribution in [-0.2, 0) is 27.5 Å². The molecule has 0 amide bonds. The van der Waals surface area contributed by atoms with Gasteiger partial charge in [0, 0.05) is 21.3 Å². The molecular formula is C6H15O6Si. The van der Waals surface area contributed by atoms with Crippen molar-refractivity contribution in [2.45, 2.75) is 0 Å². The van der Waals surface area contributed by atoms with Crippen molar-refractivity contribution in [1.82, 2.24) is 0 Å². The minimum atomic E-state index is -1.81. The normalized spacial score (nSPS) is 11.1. The Morgan fingerprint density at radius 3 is 1.23 bits per heavy atom. The third-order valence-corrected chi connectivity index (χ3v) is 1.94. The molecule has 0 aliphatic carbocycles. The second-order valence-corrected chi connectivity index (χ2v) is 3.27. The lowest BCUT2D eigenvalue weighted by Crippen LogP contribution is -2.29. The molecule has 0 heterocycles. The van der Waals surface area contributed by atoms with Crippen molar-refractivity contribution in [2.24, 2.45) is 0 Å². The molecule has 0 fully saturated rings. The predicted molar refractivity (Wildman–Crippen MR) is 44.6 cm³/mol.